The maximum atomic E-state index is 10.3. The molecule has 0 fully saturated rings. The molecule has 3 unspecified atom stereocenters. The lowest BCUT2D eigenvalue weighted by Crippen LogP contribution is -2.47. The zero-order valence-corrected chi connectivity index (χ0v) is 21.5. The highest BCUT2D eigenvalue weighted by Crippen LogP contribution is 2.56. The van der Waals surface area contributed by atoms with Crippen molar-refractivity contribution in [2.45, 2.75) is 39.2 Å². The van der Waals surface area contributed by atoms with Crippen molar-refractivity contribution in [3.8, 4) is 5.75 Å². The molecule has 192 valence electrons. The van der Waals surface area contributed by atoms with Crippen molar-refractivity contribution in [1.82, 2.24) is 4.90 Å². The first-order chi connectivity index (χ1) is 17.9. The number of likely N-dealkylation sites (tertiary alicyclic amines) is 1. The van der Waals surface area contributed by atoms with Crippen LogP contribution in [0.3, 0.4) is 0 Å². The molecule has 6 rings (SSSR count). The lowest BCUT2D eigenvalue weighted by molar-refractivity contribution is 0.0693. The molecule has 6 heteroatoms. The van der Waals surface area contributed by atoms with E-state index in [2.05, 4.69) is 72.8 Å². The Hall–Kier alpha value is -3.80. The molecule has 4 aliphatic rings. The largest absolute Gasteiger partial charge is 0.507 e. The summed E-state index contributed by atoms with van der Waals surface area (Å²) in [5, 5.41) is 20.9. The van der Waals surface area contributed by atoms with Gasteiger partial charge in [-0.05, 0) is 60.6 Å². The molecule has 0 amide bonds. The topological polar surface area (TPSA) is 85.2 Å². The number of hydrogen-bond donors (Lipinski definition) is 3. The van der Waals surface area contributed by atoms with Crippen LogP contribution in [0.4, 0.5) is 5.69 Å². The monoisotopic (exact) mass is 497 g/mol. The second-order valence-corrected chi connectivity index (χ2v) is 10.4. The van der Waals surface area contributed by atoms with E-state index in [9.17, 15) is 4.79 Å². The predicted octanol–water partition coefficient (Wildman–Crippen LogP) is 5.90. The molecule has 2 aromatic rings. The number of aliphatic imine (C=N–C) groups is 1. The van der Waals surface area contributed by atoms with Crippen LogP contribution in [0, 0.1) is 11.3 Å². The minimum Gasteiger partial charge on any atom is -0.507 e. The molecule has 2 aromatic carbocycles. The van der Waals surface area contributed by atoms with Gasteiger partial charge in [-0.1, -0.05) is 61.9 Å². The van der Waals surface area contributed by atoms with Gasteiger partial charge in [-0.25, -0.2) is 4.79 Å². The number of aromatic hydroxyl groups is 1. The van der Waals surface area contributed by atoms with Crippen LogP contribution in [0.1, 0.15) is 43.5 Å². The summed E-state index contributed by atoms with van der Waals surface area (Å²) in [6.07, 6.45) is 10.5. The van der Waals surface area contributed by atoms with Gasteiger partial charge in [-0.3, -0.25) is 4.99 Å². The normalized spacial score (nSPS) is 26.2. The first kappa shape index (κ1) is 24.9. The van der Waals surface area contributed by atoms with Crippen LogP contribution in [0.25, 0.3) is 0 Å². The Bertz CT molecular complexity index is 1290. The molecule has 3 N–H and O–H groups in total. The molecule has 0 spiro atoms. The molecule has 2 heterocycles. The first-order valence-electron chi connectivity index (χ1n) is 13.1. The van der Waals surface area contributed by atoms with Crippen molar-refractivity contribution in [2.75, 3.05) is 25.0 Å². The van der Waals surface area contributed by atoms with Crippen molar-refractivity contribution in [3.63, 3.8) is 0 Å². The van der Waals surface area contributed by atoms with Crippen molar-refractivity contribution < 1.29 is 15.0 Å². The highest BCUT2D eigenvalue weighted by Gasteiger charge is 2.50. The summed E-state index contributed by atoms with van der Waals surface area (Å²) in [7, 11) is 0. The summed E-state index contributed by atoms with van der Waals surface area (Å²) < 4.78 is 0. The quantitative estimate of drug-likeness (QED) is 0.479. The summed E-state index contributed by atoms with van der Waals surface area (Å²) in [6.45, 7) is 7.76. The fourth-order valence-electron chi connectivity index (χ4n) is 6.31. The van der Waals surface area contributed by atoms with E-state index in [-0.39, 0.29) is 16.7 Å². The average molecular weight is 498 g/mol. The number of carboxylic acid groups (broad SMARTS) is 1. The van der Waals surface area contributed by atoms with Gasteiger partial charge in [0.2, 0.25) is 0 Å². The van der Waals surface area contributed by atoms with E-state index >= 15 is 0 Å². The number of allylic oxidation sites excluding steroid dienone is 4. The molecular formula is C31H35N3O3. The van der Waals surface area contributed by atoms with Gasteiger partial charge in [0.1, 0.15) is 11.3 Å². The second kappa shape index (κ2) is 10.3. The van der Waals surface area contributed by atoms with Gasteiger partial charge in [0, 0.05) is 42.1 Å². The van der Waals surface area contributed by atoms with Crippen LogP contribution < -0.4 is 5.32 Å². The lowest BCUT2D eigenvalue weighted by atomic mass is 9.66. The Morgan fingerprint density at radius 3 is 2.62 bits per heavy atom. The van der Waals surface area contributed by atoms with Crippen molar-refractivity contribution >= 4 is 17.9 Å². The number of aromatic carboxylic acids is 1. The van der Waals surface area contributed by atoms with E-state index < -0.39 is 5.97 Å². The molecule has 3 atom stereocenters. The van der Waals surface area contributed by atoms with Crippen LogP contribution in [-0.4, -0.2) is 53.0 Å². The molecule has 37 heavy (non-hydrogen) atoms. The number of nitrogens with zero attached hydrogens (tertiary/aromatic N) is 2. The standard InChI is InChI=1S/C24H29N3.C7H6O3/c1-17-23-15-20-19-9-6-12-25-16-24(17,2)21(19)10-11-22(20)27(23)14-13-26-18-7-4-3-5-8-18;8-6-4-2-1-3-5(6)7(9)10/h3-9,16-17,23,26H,10-15H2,1-2H3;1-4,8H,(H,9,10)/b9-6-,25-16?;. The molecule has 5 bridgehead atoms. The molecule has 2 aliphatic carbocycles. The van der Waals surface area contributed by atoms with Crippen molar-refractivity contribution in [2.24, 2.45) is 16.3 Å². The van der Waals surface area contributed by atoms with E-state index in [4.69, 9.17) is 15.2 Å². The predicted molar refractivity (Wildman–Crippen MR) is 148 cm³/mol. The number of benzene rings is 2. The number of rotatable bonds is 5. The molecule has 0 saturated heterocycles. The highest BCUT2D eigenvalue weighted by atomic mass is 16.4. The third-order valence-corrected chi connectivity index (χ3v) is 8.39. The molecule has 2 aliphatic heterocycles. The van der Waals surface area contributed by atoms with Gasteiger partial charge in [0.25, 0.3) is 0 Å². The Morgan fingerprint density at radius 2 is 1.89 bits per heavy atom. The summed E-state index contributed by atoms with van der Waals surface area (Å²) >= 11 is 0. The summed E-state index contributed by atoms with van der Waals surface area (Å²) in [6, 6.07) is 17.0. The maximum absolute atomic E-state index is 10.3. The van der Waals surface area contributed by atoms with Gasteiger partial charge in [0.05, 0.1) is 6.54 Å². The molecular weight excluding hydrogens is 462 g/mol. The third kappa shape index (κ3) is 4.68. The number of anilines is 1. The average Bonchev–Trinajstić information content (AvgIpc) is 3.23. The first-order valence-corrected chi connectivity index (χ1v) is 13.1. The smallest absolute Gasteiger partial charge is 0.339 e. The van der Waals surface area contributed by atoms with Gasteiger partial charge in [-0.2, -0.15) is 0 Å². The Morgan fingerprint density at radius 1 is 1.14 bits per heavy atom. The van der Waals surface area contributed by atoms with Crippen molar-refractivity contribution in [3.05, 3.63) is 94.7 Å². The fraction of sp³-hybridized carbons (Fsp3) is 0.355. The number of nitrogens with one attached hydrogen (secondary N) is 1. The van der Waals surface area contributed by atoms with Crippen LogP contribution in [0.2, 0.25) is 0 Å². The number of fused-ring (bicyclic) bond motifs is 1. The summed E-state index contributed by atoms with van der Waals surface area (Å²) in [5.74, 6) is -0.738. The Labute approximate surface area is 218 Å². The van der Waals surface area contributed by atoms with Gasteiger partial charge >= 0.3 is 5.97 Å². The second-order valence-electron chi connectivity index (χ2n) is 10.4. The van der Waals surface area contributed by atoms with Crippen LogP contribution in [0.15, 0.2) is 94.2 Å². The van der Waals surface area contributed by atoms with Crippen LogP contribution >= 0.6 is 0 Å². The van der Waals surface area contributed by atoms with E-state index in [1.54, 1.807) is 29.0 Å². The Kier molecular flexibility index (Phi) is 6.92. The molecule has 0 saturated carbocycles. The van der Waals surface area contributed by atoms with Gasteiger partial charge in [-0.15, -0.1) is 0 Å². The third-order valence-electron chi connectivity index (χ3n) is 8.39. The highest BCUT2D eigenvalue weighted by molar-refractivity contribution is 5.90. The van der Waals surface area contributed by atoms with Gasteiger partial charge in [0.15, 0.2) is 0 Å². The van der Waals surface area contributed by atoms with Crippen LogP contribution in [0.5, 0.6) is 5.75 Å². The summed E-state index contributed by atoms with van der Waals surface area (Å²) in [5.41, 5.74) is 7.65. The number of hydrogen-bond acceptors (Lipinski definition) is 5. The van der Waals surface area contributed by atoms with E-state index in [0.717, 1.165) is 19.6 Å². The van der Waals surface area contributed by atoms with Gasteiger partial charge < -0.3 is 20.4 Å². The molecule has 6 nitrogen and oxygen atoms in total. The lowest BCUT2D eigenvalue weighted by Gasteiger charge is -2.46. The van der Waals surface area contributed by atoms with Crippen LogP contribution in [-0.2, 0) is 0 Å². The van der Waals surface area contributed by atoms with E-state index in [0.29, 0.717) is 12.0 Å². The SMILES string of the molecule is CC1C2CC3=C(CCC4=C3/C=C\CN=CC41C)N2CCNc1ccccc1.O=C(O)c1ccccc1O. The summed E-state index contributed by atoms with van der Waals surface area (Å²) in [4.78, 5) is 17.7. The maximum Gasteiger partial charge on any atom is 0.339 e. The fourth-order valence-corrected chi connectivity index (χ4v) is 6.31. The number of phenols is 1. The minimum absolute atomic E-state index is 0.0671. The zero-order chi connectivity index (χ0) is 26.0. The minimum atomic E-state index is -1.11. The Balaban J connectivity index is 0.000000237. The molecule has 0 aromatic heterocycles. The zero-order valence-electron chi connectivity index (χ0n) is 21.5. The number of carboxylic acids is 1. The number of carbonyl (C=O) groups is 1. The number of para-hydroxylation sites is 2. The van der Waals surface area contributed by atoms with E-state index in [1.807, 2.05) is 0 Å². The van der Waals surface area contributed by atoms with Crippen molar-refractivity contribution in [1.29, 1.82) is 0 Å². The van der Waals surface area contributed by atoms with E-state index in [1.165, 1.54) is 42.7 Å². The molecule has 0 radical (unpaired) electrons.